The van der Waals surface area contributed by atoms with Crippen LogP contribution in [-0.4, -0.2) is 49.3 Å². The molecule has 2 fully saturated rings. The number of amides is 1. The van der Waals surface area contributed by atoms with Crippen molar-refractivity contribution in [2.45, 2.75) is 30.4 Å². The molecule has 22 heavy (non-hydrogen) atoms. The van der Waals surface area contributed by atoms with E-state index in [2.05, 4.69) is 11.0 Å². The van der Waals surface area contributed by atoms with Crippen molar-refractivity contribution in [3.8, 4) is 5.75 Å². The van der Waals surface area contributed by atoms with Crippen molar-refractivity contribution in [1.29, 1.82) is 0 Å². The fourth-order valence-corrected chi connectivity index (χ4v) is 4.75. The van der Waals surface area contributed by atoms with Gasteiger partial charge < -0.3 is 14.5 Å². The van der Waals surface area contributed by atoms with Crippen molar-refractivity contribution in [1.82, 2.24) is 4.90 Å². The highest BCUT2D eigenvalue weighted by molar-refractivity contribution is 8.01. The zero-order chi connectivity index (χ0) is 15.5. The van der Waals surface area contributed by atoms with Crippen LogP contribution in [-0.2, 0) is 4.79 Å². The number of methoxy groups -OCH3 is 1. The summed E-state index contributed by atoms with van der Waals surface area (Å²) < 4.78 is 5.50. The first-order valence-electron chi connectivity index (χ1n) is 8.13. The van der Waals surface area contributed by atoms with Crippen LogP contribution in [0.3, 0.4) is 0 Å². The Morgan fingerprint density at radius 1 is 1.32 bits per heavy atom. The molecule has 2 saturated heterocycles. The first-order valence-corrected chi connectivity index (χ1v) is 9.07. The molecular weight excluding hydrogens is 296 g/mol. The van der Waals surface area contributed by atoms with Gasteiger partial charge in [0.15, 0.2) is 0 Å². The number of carbonyl (C=O) groups is 1. The third-order valence-electron chi connectivity index (χ3n) is 4.67. The molecule has 1 N–H and O–H groups in total. The SMILES string of the molecule is COc1ccccc1[C@H]1S[C@H](C)C(=O)N1CC[NH+]1CCCC1. The smallest absolute Gasteiger partial charge is 0.236 e. The van der Waals surface area contributed by atoms with E-state index in [1.165, 1.54) is 25.9 Å². The van der Waals surface area contributed by atoms with Crippen LogP contribution in [0.2, 0.25) is 0 Å². The van der Waals surface area contributed by atoms with Crippen LogP contribution in [0, 0.1) is 0 Å². The molecule has 0 aliphatic carbocycles. The highest BCUT2D eigenvalue weighted by Gasteiger charge is 2.40. The molecular formula is C17H25N2O2S+. The Morgan fingerprint density at radius 2 is 2.05 bits per heavy atom. The lowest BCUT2D eigenvalue weighted by atomic mass is 10.1. The predicted molar refractivity (Wildman–Crippen MR) is 89.3 cm³/mol. The van der Waals surface area contributed by atoms with Crippen LogP contribution in [0.1, 0.15) is 30.7 Å². The normalized spacial score (nSPS) is 25.9. The molecule has 1 aromatic rings. The summed E-state index contributed by atoms with van der Waals surface area (Å²) in [6.07, 6.45) is 2.65. The van der Waals surface area contributed by atoms with Crippen molar-refractivity contribution in [3.63, 3.8) is 0 Å². The van der Waals surface area contributed by atoms with Gasteiger partial charge in [-0.2, -0.15) is 0 Å². The van der Waals surface area contributed by atoms with E-state index in [1.54, 1.807) is 23.8 Å². The monoisotopic (exact) mass is 321 g/mol. The maximum atomic E-state index is 12.5. The molecule has 0 saturated carbocycles. The summed E-state index contributed by atoms with van der Waals surface area (Å²) >= 11 is 1.73. The summed E-state index contributed by atoms with van der Waals surface area (Å²) in [4.78, 5) is 16.2. The Kier molecular flexibility index (Phi) is 4.93. The minimum Gasteiger partial charge on any atom is -0.496 e. The van der Waals surface area contributed by atoms with E-state index in [0.29, 0.717) is 0 Å². The van der Waals surface area contributed by atoms with Gasteiger partial charge in [-0.1, -0.05) is 18.2 Å². The fraction of sp³-hybridized carbons (Fsp3) is 0.588. The van der Waals surface area contributed by atoms with Crippen LogP contribution in [0.5, 0.6) is 5.75 Å². The third kappa shape index (κ3) is 3.10. The van der Waals surface area contributed by atoms with Crippen molar-refractivity contribution >= 4 is 17.7 Å². The maximum absolute atomic E-state index is 12.5. The number of ether oxygens (including phenoxy) is 1. The van der Waals surface area contributed by atoms with E-state index >= 15 is 0 Å². The van der Waals surface area contributed by atoms with Crippen LogP contribution in [0.15, 0.2) is 24.3 Å². The molecule has 0 aromatic heterocycles. The molecule has 3 rings (SSSR count). The van der Waals surface area contributed by atoms with Crippen molar-refractivity contribution in [2.24, 2.45) is 0 Å². The van der Waals surface area contributed by atoms with Crippen molar-refractivity contribution < 1.29 is 14.4 Å². The lowest BCUT2D eigenvalue weighted by molar-refractivity contribution is -0.886. The number of nitrogens with zero attached hydrogens (tertiary/aromatic N) is 1. The number of thioether (sulfide) groups is 1. The molecule has 0 spiro atoms. The van der Waals surface area contributed by atoms with E-state index in [9.17, 15) is 4.79 Å². The highest BCUT2D eigenvalue weighted by Crippen LogP contribution is 2.45. The molecule has 2 atom stereocenters. The number of nitrogens with one attached hydrogen (secondary N) is 1. The second-order valence-corrected chi connectivity index (χ2v) is 7.54. The van der Waals surface area contributed by atoms with Crippen molar-refractivity contribution in [2.75, 3.05) is 33.3 Å². The Hall–Kier alpha value is -1.20. The standard InChI is InChI=1S/C17H24N2O2S/c1-13-16(20)19(12-11-18-9-5-6-10-18)17(22-13)14-7-3-4-8-15(14)21-2/h3-4,7-8,13,17H,5-6,9-12H2,1-2H3/p+1/t13-,17-/m1/s1. The molecule has 0 bridgehead atoms. The fourth-order valence-electron chi connectivity index (χ4n) is 3.42. The van der Waals surface area contributed by atoms with E-state index in [-0.39, 0.29) is 16.5 Å². The summed E-state index contributed by atoms with van der Waals surface area (Å²) in [6, 6.07) is 8.06. The Balaban J connectivity index is 1.76. The first kappa shape index (κ1) is 15.7. The van der Waals surface area contributed by atoms with Gasteiger partial charge in [-0.25, -0.2) is 0 Å². The topological polar surface area (TPSA) is 34.0 Å². The minimum atomic E-state index is 0.0310. The number of rotatable bonds is 5. The summed E-state index contributed by atoms with van der Waals surface area (Å²) in [7, 11) is 1.70. The van der Waals surface area contributed by atoms with Gasteiger partial charge >= 0.3 is 0 Å². The second-order valence-electron chi connectivity index (χ2n) is 6.11. The second kappa shape index (κ2) is 6.92. The Labute approximate surface area is 136 Å². The molecule has 2 aliphatic rings. The molecule has 1 aromatic carbocycles. The molecule has 2 heterocycles. The summed E-state index contributed by atoms with van der Waals surface area (Å²) in [5, 5.41) is 0.115. The van der Waals surface area contributed by atoms with Gasteiger partial charge in [-0.15, -0.1) is 11.8 Å². The maximum Gasteiger partial charge on any atom is 0.236 e. The first-order chi connectivity index (χ1) is 10.7. The summed E-state index contributed by atoms with van der Waals surface area (Å²) in [6.45, 7) is 6.42. The highest BCUT2D eigenvalue weighted by atomic mass is 32.2. The van der Waals surface area contributed by atoms with Gasteiger partial charge in [0.25, 0.3) is 0 Å². The third-order valence-corrected chi connectivity index (χ3v) is 6.04. The number of likely N-dealkylation sites (tertiary alicyclic amines) is 1. The minimum absolute atomic E-state index is 0.0310. The molecule has 1 amide bonds. The van der Waals surface area contributed by atoms with Crippen LogP contribution in [0.25, 0.3) is 0 Å². The lowest BCUT2D eigenvalue weighted by Crippen LogP contribution is -3.10. The molecule has 120 valence electrons. The molecule has 0 radical (unpaired) electrons. The van der Waals surface area contributed by atoms with Crippen molar-refractivity contribution in [3.05, 3.63) is 29.8 Å². The van der Waals surface area contributed by atoms with Gasteiger partial charge in [-0.05, 0) is 13.0 Å². The zero-order valence-electron chi connectivity index (χ0n) is 13.4. The number of hydrogen-bond acceptors (Lipinski definition) is 3. The van der Waals surface area contributed by atoms with Crippen LogP contribution >= 0.6 is 11.8 Å². The Morgan fingerprint density at radius 3 is 2.77 bits per heavy atom. The van der Waals surface area contributed by atoms with Gasteiger partial charge in [0.2, 0.25) is 5.91 Å². The van der Waals surface area contributed by atoms with Crippen LogP contribution in [0.4, 0.5) is 0 Å². The van der Waals surface area contributed by atoms with E-state index in [4.69, 9.17) is 4.74 Å². The molecule has 2 aliphatic heterocycles. The Bertz CT molecular complexity index is 531. The van der Waals surface area contributed by atoms with Gasteiger partial charge in [0.05, 0.1) is 38.5 Å². The van der Waals surface area contributed by atoms with Gasteiger partial charge in [-0.3, -0.25) is 4.79 Å². The number of para-hydroxylation sites is 1. The predicted octanol–water partition coefficient (Wildman–Crippen LogP) is 1.34. The number of hydrogen-bond donors (Lipinski definition) is 1. The molecule has 4 nitrogen and oxygen atoms in total. The van der Waals surface area contributed by atoms with Gasteiger partial charge in [0.1, 0.15) is 11.1 Å². The lowest BCUT2D eigenvalue weighted by Gasteiger charge is -2.26. The molecule has 0 unspecified atom stereocenters. The van der Waals surface area contributed by atoms with E-state index in [0.717, 1.165) is 24.4 Å². The van der Waals surface area contributed by atoms with E-state index in [1.807, 2.05) is 25.1 Å². The van der Waals surface area contributed by atoms with E-state index < -0.39 is 0 Å². The number of carbonyl (C=O) groups excluding carboxylic acids is 1. The summed E-state index contributed by atoms with van der Waals surface area (Å²) in [5.74, 6) is 1.14. The average Bonchev–Trinajstić information content (AvgIpc) is 3.15. The van der Waals surface area contributed by atoms with Gasteiger partial charge in [0, 0.05) is 18.4 Å². The average molecular weight is 321 g/mol. The number of benzene rings is 1. The zero-order valence-corrected chi connectivity index (χ0v) is 14.2. The van der Waals surface area contributed by atoms with Crippen LogP contribution < -0.4 is 9.64 Å². The number of quaternary nitrogens is 1. The molecule has 5 heteroatoms. The quantitative estimate of drug-likeness (QED) is 0.888. The largest absolute Gasteiger partial charge is 0.496 e. The summed E-state index contributed by atoms with van der Waals surface area (Å²) in [5.41, 5.74) is 1.11.